The third-order valence-electron chi connectivity index (χ3n) is 1.91. The number of rotatable bonds is 3. The van der Waals surface area contributed by atoms with E-state index in [0.717, 1.165) is 11.2 Å². The summed E-state index contributed by atoms with van der Waals surface area (Å²) in [4.78, 5) is 11.6. The molecule has 82 valence electrons. The first kappa shape index (κ1) is 11.1. The molecule has 0 N–H and O–H groups in total. The van der Waals surface area contributed by atoms with Gasteiger partial charge < -0.3 is 0 Å². The maximum atomic E-state index is 10.9. The summed E-state index contributed by atoms with van der Waals surface area (Å²) in [5.41, 5.74) is 0.456. The Labute approximate surface area is 101 Å². The van der Waals surface area contributed by atoms with Gasteiger partial charge in [-0.1, -0.05) is 17.7 Å². The predicted octanol–water partition coefficient (Wildman–Crippen LogP) is 1.83. The molecular weight excluding hydrogens is 248 g/mol. The van der Waals surface area contributed by atoms with Crippen molar-refractivity contribution in [1.29, 1.82) is 0 Å². The summed E-state index contributed by atoms with van der Waals surface area (Å²) in [7, 11) is 1.73. The van der Waals surface area contributed by atoms with Crippen LogP contribution in [0.3, 0.4) is 0 Å². The maximum absolute atomic E-state index is 10.9. The topological polar surface area (TPSA) is 60.7 Å². The predicted molar refractivity (Wildman–Crippen MR) is 59.8 cm³/mol. The minimum atomic E-state index is 0.426. The normalized spacial score (nSPS) is 10.4. The molecule has 1 heterocycles. The fraction of sp³-hybridized carbons (Fsp3) is 0.111. The van der Waals surface area contributed by atoms with Crippen molar-refractivity contribution < 1.29 is 4.79 Å². The quantitative estimate of drug-likeness (QED) is 0.782. The van der Waals surface area contributed by atoms with E-state index in [4.69, 9.17) is 11.6 Å². The van der Waals surface area contributed by atoms with Gasteiger partial charge in [0.1, 0.15) is 0 Å². The van der Waals surface area contributed by atoms with Crippen molar-refractivity contribution in [1.82, 2.24) is 20.2 Å². The van der Waals surface area contributed by atoms with Crippen molar-refractivity contribution in [3.63, 3.8) is 0 Å². The molecule has 0 atom stereocenters. The van der Waals surface area contributed by atoms with E-state index < -0.39 is 0 Å². The van der Waals surface area contributed by atoms with Gasteiger partial charge in [0.25, 0.3) is 0 Å². The van der Waals surface area contributed by atoms with E-state index in [9.17, 15) is 4.79 Å². The number of hydrogen-bond donors (Lipinski definition) is 0. The molecule has 1 aromatic carbocycles. The Balaban J connectivity index is 2.38. The SMILES string of the molecule is Cn1nnnc1Sc1cccc(Cl)c1C=O. The summed E-state index contributed by atoms with van der Waals surface area (Å²) >= 11 is 7.20. The van der Waals surface area contributed by atoms with Crippen molar-refractivity contribution >= 4 is 29.6 Å². The van der Waals surface area contributed by atoms with Gasteiger partial charge in [-0.3, -0.25) is 4.79 Å². The summed E-state index contributed by atoms with van der Waals surface area (Å²) in [5, 5.41) is 12.1. The number of nitrogens with zero attached hydrogens (tertiary/aromatic N) is 4. The van der Waals surface area contributed by atoms with Crippen LogP contribution in [0.5, 0.6) is 0 Å². The van der Waals surface area contributed by atoms with Gasteiger partial charge in [0.2, 0.25) is 5.16 Å². The molecule has 0 fully saturated rings. The van der Waals surface area contributed by atoms with Crippen molar-refractivity contribution in [2.45, 2.75) is 10.1 Å². The third kappa shape index (κ3) is 2.07. The molecule has 16 heavy (non-hydrogen) atoms. The summed E-state index contributed by atoms with van der Waals surface area (Å²) in [6.45, 7) is 0. The number of aromatic nitrogens is 4. The molecular formula is C9H7ClN4OS. The van der Waals surface area contributed by atoms with E-state index in [2.05, 4.69) is 15.5 Å². The number of carbonyl (C=O) groups excluding carboxylic acids is 1. The Morgan fingerprint density at radius 3 is 2.94 bits per heavy atom. The maximum Gasteiger partial charge on any atom is 0.213 e. The zero-order chi connectivity index (χ0) is 11.5. The fourth-order valence-corrected chi connectivity index (χ4v) is 2.26. The van der Waals surface area contributed by atoms with Gasteiger partial charge in [0.15, 0.2) is 6.29 Å². The lowest BCUT2D eigenvalue weighted by molar-refractivity contribution is 0.112. The molecule has 0 unspecified atom stereocenters. The van der Waals surface area contributed by atoms with Crippen LogP contribution in [0.1, 0.15) is 10.4 Å². The summed E-state index contributed by atoms with van der Waals surface area (Å²) < 4.78 is 1.53. The molecule has 0 aliphatic heterocycles. The molecule has 5 nitrogen and oxygen atoms in total. The Hall–Kier alpha value is -1.40. The van der Waals surface area contributed by atoms with Gasteiger partial charge in [0.05, 0.1) is 5.02 Å². The van der Waals surface area contributed by atoms with Crippen molar-refractivity contribution in [2.75, 3.05) is 0 Å². The number of benzene rings is 1. The lowest BCUT2D eigenvalue weighted by atomic mass is 10.2. The summed E-state index contributed by atoms with van der Waals surface area (Å²) in [5.74, 6) is 0. The molecule has 0 aliphatic rings. The molecule has 0 spiro atoms. The van der Waals surface area contributed by atoms with Crippen molar-refractivity contribution in [2.24, 2.45) is 7.05 Å². The first-order chi connectivity index (χ1) is 7.72. The number of aryl methyl sites for hydroxylation is 1. The Bertz CT molecular complexity index is 528. The second-order valence-electron chi connectivity index (χ2n) is 2.96. The zero-order valence-electron chi connectivity index (χ0n) is 8.29. The standard InChI is InChI=1S/C9H7ClN4OS/c1-14-9(11-12-13-14)16-8-4-2-3-7(10)6(8)5-15/h2-5H,1H3. The van der Waals surface area contributed by atoms with E-state index in [1.807, 2.05) is 0 Å². The highest BCUT2D eigenvalue weighted by atomic mass is 35.5. The van der Waals surface area contributed by atoms with E-state index in [1.54, 1.807) is 25.2 Å². The van der Waals surface area contributed by atoms with Gasteiger partial charge in [-0.2, -0.15) is 0 Å². The smallest absolute Gasteiger partial charge is 0.213 e. The summed E-state index contributed by atoms with van der Waals surface area (Å²) in [6.07, 6.45) is 0.731. The molecule has 0 aliphatic carbocycles. The molecule has 1 aromatic heterocycles. The van der Waals surface area contributed by atoms with Gasteiger partial charge in [-0.25, -0.2) is 4.68 Å². The molecule has 7 heteroatoms. The van der Waals surface area contributed by atoms with Gasteiger partial charge in [-0.15, -0.1) is 5.10 Å². The van der Waals surface area contributed by atoms with Crippen LogP contribution in [0.4, 0.5) is 0 Å². The second kappa shape index (κ2) is 4.63. The van der Waals surface area contributed by atoms with Crippen LogP contribution in [0.25, 0.3) is 0 Å². The number of carbonyl (C=O) groups is 1. The molecule has 0 saturated heterocycles. The van der Waals surface area contributed by atoms with Gasteiger partial charge in [0, 0.05) is 17.5 Å². The molecule has 2 rings (SSSR count). The van der Waals surface area contributed by atoms with Crippen molar-refractivity contribution in [3.8, 4) is 0 Å². The first-order valence-corrected chi connectivity index (χ1v) is 5.55. The minimum absolute atomic E-state index is 0.426. The van der Waals surface area contributed by atoms with Crippen LogP contribution in [0.15, 0.2) is 28.3 Å². The highest BCUT2D eigenvalue weighted by Crippen LogP contribution is 2.30. The first-order valence-electron chi connectivity index (χ1n) is 4.36. The average Bonchev–Trinajstić information content (AvgIpc) is 2.65. The van der Waals surface area contributed by atoms with Crippen LogP contribution in [-0.2, 0) is 7.05 Å². The highest BCUT2D eigenvalue weighted by molar-refractivity contribution is 7.99. The van der Waals surface area contributed by atoms with E-state index in [0.29, 0.717) is 15.7 Å². The largest absolute Gasteiger partial charge is 0.298 e. The highest BCUT2D eigenvalue weighted by Gasteiger charge is 2.10. The molecule has 0 bridgehead atoms. The zero-order valence-corrected chi connectivity index (χ0v) is 9.87. The van der Waals surface area contributed by atoms with Crippen LogP contribution in [0, 0.1) is 0 Å². The van der Waals surface area contributed by atoms with E-state index >= 15 is 0 Å². The Morgan fingerprint density at radius 2 is 2.31 bits per heavy atom. The van der Waals surface area contributed by atoms with Crippen LogP contribution < -0.4 is 0 Å². The molecule has 0 amide bonds. The Kier molecular flexibility index (Phi) is 3.21. The number of aldehydes is 1. The number of halogens is 1. The molecule has 2 aromatic rings. The lowest BCUT2D eigenvalue weighted by Gasteiger charge is -2.03. The van der Waals surface area contributed by atoms with Gasteiger partial charge >= 0.3 is 0 Å². The number of hydrogen-bond acceptors (Lipinski definition) is 5. The fourth-order valence-electron chi connectivity index (χ4n) is 1.13. The van der Waals surface area contributed by atoms with Crippen LogP contribution >= 0.6 is 23.4 Å². The second-order valence-corrected chi connectivity index (χ2v) is 4.37. The Morgan fingerprint density at radius 1 is 1.50 bits per heavy atom. The molecule has 0 saturated carbocycles. The summed E-state index contributed by atoms with van der Waals surface area (Å²) in [6, 6.07) is 5.25. The molecule has 0 radical (unpaired) electrons. The van der Waals surface area contributed by atoms with E-state index in [1.165, 1.54) is 16.4 Å². The monoisotopic (exact) mass is 254 g/mol. The van der Waals surface area contributed by atoms with Crippen LogP contribution in [-0.4, -0.2) is 26.5 Å². The van der Waals surface area contributed by atoms with E-state index in [-0.39, 0.29) is 0 Å². The minimum Gasteiger partial charge on any atom is -0.298 e. The van der Waals surface area contributed by atoms with Crippen molar-refractivity contribution in [3.05, 3.63) is 28.8 Å². The lowest BCUT2D eigenvalue weighted by Crippen LogP contribution is -1.94. The van der Waals surface area contributed by atoms with Gasteiger partial charge in [-0.05, 0) is 34.3 Å². The number of tetrazole rings is 1. The average molecular weight is 255 g/mol. The van der Waals surface area contributed by atoms with Crippen LogP contribution in [0.2, 0.25) is 5.02 Å². The third-order valence-corrected chi connectivity index (χ3v) is 3.35.